The van der Waals surface area contributed by atoms with Crippen LogP contribution in [0.2, 0.25) is 0 Å². The second kappa shape index (κ2) is 10.4. The van der Waals surface area contributed by atoms with Gasteiger partial charge in [-0.25, -0.2) is 4.98 Å². The minimum atomic E-state index is -0.376. The van der Waals surface area contributed by atoms with Crippen LogP contribution in [-0.2, 0) is 11.2 Å². The number of amides is 1. The predicted octanol–water partition coefficient (Wildman–Crippen LogP) is 3.90. The normalized spacial score (nSPS) is 10.9. The molecule has 1 aromatic heterocycles. The number of halogens is 1. The minimum absolute atomic E-state index is 0.0470. The van der Waals surface area contributed by atoms with Crippen molar-refractivity contribution in [2.24, 2.45) is 0 Å². The van der Waals surface area contributed by atoms with Crippen molar-refractivity contribution in [1.82, 2.24) is 10.3 Å². The van der Waals surface area contributed by atoms with Crippen LogP contribution in [0.15, 0.2) is 52.6 Å². The molecule has 0 aliphatic rings. The van der Waals surface area contributed by atoms with Gasteiger partial charge < -0.3 is 10.1 Å². The second-order valence-electron chi connectivity index (χ2n) is 5.62. The lowest BCUT2D eigenvalue weighted by Crippen LogP contribution is -2.25. The summed E-state index contributed by atoms with van der Waals surface area (Å²) in [4.78, 5) is 16.3. The van der Waals surface area contributed by atoms with Crippen LogP contribution in [0.5, 0.6) is 5.75 Å². The van der Waals surface area contributed by atoms with Crippen molar-refractivity contribution in [3.63, 3.8) is 0 Å². The number of pyridine rings is 1. The number of nitriles is 1. The number of aryl methyl sites for hydroxylation is 1. The van der Waals surface area contributed by atoms with Crippen molar-refractivity contribution < 1.29 is 9.53 Å². The van der Waals surface area contributed by atoms with Crippen LogP contribution >= 0.6 is 15.9 Å². The van der Waals surface area contributed by atoms with Gasteiger partial charge in [-0.1, -0.05) is 18.2 Å². The molecule has 1 N–H and O–H groups in total. The summed E-state index contributed by atoms with van der Waals surface area (Å²) >= 11 is 3.27. The predicted molar refractivity (Wildman–Crippen MR) is 104 cm³/mol. The molecule has 2 rings (SSSR count). The van der Waals surface area contributed by atoms with Crippen molar-refractivity contribution in [3.8, 4) is 11.8 Å². The SMILES string of the molecule is COc1ccc(CCCCNC(=O)C(C#N)=Cc2cccc(Br)n2)cc1. The van der Waals surface area contributed by atoms with Crippen LogP contribution in [0.3, 0.4) is 0 Å². The first kappa shape index (κ1) is 19.7. The Kier molecular flexibility index (Phi) is 7.84. The topological polar surface area (TPSA) is 75.0 Å². The third kappa shape index (κ3) is 6.34. The average Bonchev–Trinajstić information content (AvgIpc) is 2.66. The van der Waals surface area contributed by atoms with Gasteiger partial charge in [0.2, 0.25) is 0 Å². The van der Waals surface area contributed by atoms with Crippen LogP contribution in [-0.4, -0.2) is 24.5 Å². The molecule has 6 heteroatoms. The zero-order chi connectivity index (χ0) is 18.8. The number of hydrogen-bond donors (Lipinski definition) is 1. The van der Waals surface area contributed by atoms with E-state index in [0.717, 1.165) is 25.0 Å². The van der Waals surface area contributed by atoms with Crippen LogP contribution in [0.1, 0.15) is 24.1 Å². The number of nitrogens with one attached hydrogen (secondary N) is 1. The number of nitrogens with zero attached hydrogens (tertiary/aromatic N) is 2. The zero-order valence-electron chi connectivity index (χ0n) is 14.5. The highest BCUT2D eigenvalue weighted by Gasteiger charge is 2.08. The largest absolute Gasteiger partial charge is 0.497 e. The van der Waals surface area contributed by atoms with E-state index < -0.39 is 0 Å². The summed E-state index contributed by atoms with van der Waals surface area (Å²) in [6, 6.07) is 15.2. The molecule has 5 nitrogen and oxygen atoms in total. The quantitative estimate of drug-likeness (QED) is 0.308. The summed E-state index contributed by atoms with van der Waals surface area (Å²) in [6.07, 6.45) is 4.21. The molecule has 0 saturated carbocycles. The first-order valence-corrected chi connectivity index (χ1v) is 9.07. The number of unbranched alkanes of at least 4 members (excludes halogenated alkanes) is 1. The number of carbonyl (C=O) groups excluding carboxylic acids is 1. The van der Waals surface area contributed by atoms with E-state index in [4.69, 9.17) is 4.74 Å². The number of carbonyl (C=O) groups is 1. The molecule has 2 aromatic rings. The van der Waals surface area contributed by atoms with E-state index >= 15 is 0 Å². The van der Waals surface area contributed by atoms with Gasteiger partial charge in [-0.15, -0.1) is 0 Å². The Morgan fingerprint density at radius 1 is 1.27 bits per heavy atom. The Morgan fingerprint density at radius 3 is 2.69 bits per heavy atom. The Bertz CT molecular complexity index is 811. The van der Waals surface area contributed by atoms with Crippen molar-refractivity contribution in [2.45, 2.75) is 19.3 Å². The zero-order valence-corrected chi connectivity index (χ0v) is 16.1. The van der Waals surface area contributed by atoms with Gasteiger partial charge in [-0.05, 0) is 71.1 Å². The monoisotopic (exact) mass is 413 g/mol. The molecule has 0 atom stereocenters. The van der Waals surface area contributed by atoms with E-state index in [-0.39, 0.29) is 11.5 Å². The maximum Gasteiger partial charge on any atom is 0.262 e. The highest BCUT2D eigenvalue weighted by molar-refractivity contribution is 9.10. The van der Waals surface area contributed by atoms with Crippen molar-refractivity contribution in [2.75, 3.05) is 13.7 Å². The molecule has 0 aliphatic heterocycles. The van der Waals surface area contributed by atoms with E-state index in [1.54, 1.807) is 25.3 Å². The van der Waals surface area contributed by atoms with E-state index in [2.05, 4.69) is 26.2 Å². The van der Waals surface area contributed by atoms with Gasteiger partial charge in [0, 0.05) is 6.54 Å². The molecule has 26 heavy (non-hydrogen) atoms. The summed E-state index contributed by atoms with van der Waals surface area (Å²) in [6.45, 7) is 0.528. The van der Waals surface area contributed by atoms with Gasteiger partial charge in [0.1, 0.15) is 22.0 Å². The smallest absolute Gasteiger partial charge is 0.262 e. The second-order valence-corrected chi connectivity index (χ2v) is 6.43. The van der Waals surface area contributed by atoms with Crippen LogP contribution in [0.25, 0.3) is 6.08 Å². The molecular formula is C20H20BrN3O2. The van der Waals surface area contributed by atoms with E-state index in [1.165, 1.54) is 11.6 Å². The fraction of sp³-hybridized carbons (Fsp3) is 0.250. The summed E-state index contributed by atoms with van der Waals surface area (Å²) in [5.41, 5.74) is 1.84. The standard InChI is InChI=1S/C20H20BrN3O2/c1-26-18-10-8-15(9-11-18)5-2-3-12-23-20(25)16(14-22)13-17-6-4-7-19(21)24-17/h4,6-11,13H,2-3,5,12H2,1H3,(H,23,25). The molecule has 1 amide bonds. The molecule has 0 unspecified atom stereocenters. The Hall–Kier alpha value is -2.65. The molecule has 134 valence electrons. The molecule has 0 bridgehead atoms. The van der Waals surface area contributed by atoms with Crippen molar-refractivity contribution in [1.29, 1.82) is 5.26 Å². The highest BCUT2D eigenvalue weighted by atomic mass is 79.9. The number of ether oxygens (including phenoxy) is 1. The fourth-order valence-electron chi connectivity index (χ4n) is 2.34. The molecule has 0 saturated heterocycles. The third-order valence-corrected chi connectivity index (χ3v) is 4.17. The van der Waals surface area contributed by atoms with Crippen molar-refractivity contribution >= 4 is 27.9 Å². The lowest BCUT2D eigenvalue weighted by atomic mass is 10.1. The van der Waals surface area contributed by atoms with Crippen LogP contribution < -0.4 is 10.1 Å². The number of benzene rings is 1. The van der Waals surface area contributed by atoms with Gasteiger partial charge in [0.25, 0.3) is 5.91 Å². The summed E-state index contributed by atoms with van der Waals surface area (Å²) < 4.78 is 5.79. The van der Waals surface area contributed by atoms with E-state index in [0.29, 0.717) is 16.8 Å². The molecule has 0 fully saturated rings. The van der Waals surface area contributed by atoms with E-state index in [9.17, 15) is 10.1 Å². The highest BCUT2D eigenvalue weighted by Crippen LogP contribution is 2.13. The van der Waals surface area contributed by atoms with Gasteiger partial charge in [-0.2, -0.15) is 5.26 Å². The molecule has 0 aliphatic carbocycles. The molecular weight excluding hydrogens is 394 g/mol. The Labute approximate surface area is 161 Å². The molecule has 0 spiro atoms. The number of hydrogen-bond acceptors (Lipinski definition) is 4. The summed E-state index contributed by atoms with van der Waals surface area (Å²) in [7, 11) is 1.65. The van der Waals surface area contributed by atoms with Crippen molar-refractivity contribution in [3.05, 3.63) is 63.9 Å². The van der Waals surface area contributed by atoms with E-state index in [1.807, 2.05) is 30.3 Å². The molecule has 1 aromatic carbocycles. The number of rotatable bonds is 8. The molecule has 1 heterocycles. The maximum atomic E-state index is 12.1. The number of methoxy groups -OCH3 is 1. The average molecular weight is 414 g/mol. The lowest BCUT2D eigenvalue weighted by Gasteiger charge is -2.05. The van der Waals surface area contributed by atoms with Gasteiger partial charge >= 0.3 is 0 Å². The first-order chi connectivity index (χ1) is 12.6. The summed E-state index contributed by atoms with van der Waals surface area (Å²) in [5.74, 6) is 0.468. The lowest BCUT2D eigenvalue weighted by molar-refractivity contribution is -0.117. The first-order valence-electron chi connectivity index (χ1n) is 8.28. The Balaban J connectivity index is 1.77. The van der Waals surface area contributed by atoms with Gasteiger partial charge in [0.15, 0.2) is 0 Å². The fourth-order valence-corrected chi connectivity index (χ4v) is 2.70. The van der Waals surface area contributed by atoms with Gasteiger partial charge in [0.05, 0.1) is 12.8 Å². The summed E-state index contributed by atoms with van der Waals surface area (Å²) in [5, 5.41) is 12.0. The number of aromatic nitrogens is 1. The maximum absolute atomic E-state index is 12.1. The van der Waals surface area contributed by atoms with Crippen LogP contribution in [0, 0.1) is 11.3 Å². The van der Waals surface area contributed by atoms with Crippen LogP contribution in [0.4, 0.5) is 0 Å². The molecule has 0 radical (unpaired) electrons. The van der Waals surface area contributed by atoms with Gasteiger partial charge in [-0.3, -0.25) is 4.79 Å². The minimum Gasteiger partial charge on any atom is -0.497 e. The Morgan fingerprint density at radius 2 is 2.04 bits per heavy atom. The third-order valence-electron chi connectivity index (χ3n) is 3.73.